The Morgan fingerprint density at radius 2 is 2.12 bits per heavy atom. The minimum atomic E-state index is -0.567. The van der Waals surface area contributed by atoms with Crippen molar-refractivity contribution < 1.29 is 14.3 Å². The summed E-state index contributed by atoms with van der Waals surface area (Å²) in [4.78, 5) is 36.1. The summed E-state index contributed by atoms with van der Waals surface area (Å²) in [7, 11) is 0. The zero-order valence-corrected chi connectivity index (χ0v) is 15.6. The third-order valence-corrected chi connectivity index (χ3v) is 5.80. The molecule has 0 radical (unpaired) electrons. The van der Waals surface area contributed by atoms with Gasteiger partial charge in [-0.1, -0.05) is 24.6 Å². The monoisotopic (exact) mass is 383 g/mol. The van der Waals surface area contributed by atoms with Gasteiger partial charge in [0.25, 0.3) is 0 Å². The molecule has 1 saturated carbocycles. The maximum Gasteiger partial charge on any atom is 0.344 e. The lowest BCUT2D eigenvalue weighted by Gasteiger charge is -2.15. The first-order valence-electron chi connectivity index (χ1n) is 9.07. The third kappa shape index (κ3) is 4.88. The van der Waals surface area contributed by atoms with Crippen LogP contribution in [-0.2, 0) is 16.1 Å². The lowest BCUT2D eigenvalue weighted by atomic mass is 10.2. The molecule has 3 rings (SSSR count). The normalized spacial score (nSPS) is 21.7. The molecule has 144 valence electrons. The number of thioether (sulfide) groups is 1. The number of nitrogens with one attached hydrogen (secondary N) is 3. The number of rotatable bonds is 6. The zero-order chi connectivity index (χ0) is 18.5. The highest BCUT2D eigenvalue weighted by Gasteiger charge is 2.24. The van der Waals surface area contributed by atoms with E-state index < -0.39 is 17.2 Å². The topological polar surface area (TPSA) is 118 Å². The van der Waals surface area contributed by atoms with Gasteiger partial charge in [0, 0.05) is 12.6 Å². The van der Waals surface area contributed by atoms with E-state index in [0.29, 0.717) is 18.3 Å². The second-order valence-corrected chi connectivity index (χ2v) is 8.07. The Hall–Kier alpha value is -1.81. The molecule has 3 N–H and O–H groups in total. The molecule has 10 heteroatoms. The first kappa shape index (κ1) is 19.0. The smallest absolute Gasteiger partial charge is 0.344 e. The molecule has 1 aromatic rings. The summed E-state index contributed by atoms with van der Waals surface area (Å²) in [6.07, 6.45) is 5.99. The fourth-order valence-corrected chi connectivity index (χ4v) is 4.13. The van der Waals surface area contributed by atoms with Crippen LogP contribution in [0.1, 0.15) is 45.4 Å². The Bertz CT molecular complexity index is 691. The zero-order valence-electron chi connectivity index (χ0n) is 14.8. The molecule has 0 bridgehead atoms. The summed E-state index contributed by atoms with van der Waals surface area (Å²) in [5.41, 5.74) is -0.324. The number of hydrogen-bond acceptors (Lipinski definition) is 6. The summed E-state index contributed by atoms with van der Waals surface area (Å²) >= 11 is 1.14. The van der Waals surface area contributed by atoms with E-state index in [1.807, 2.05) is 0 Å². The molecule has 2 heterocycles. The minimum Gasteiger partial charge on any atom is -0.376 e. The van der Waals surface area contributed by atoms with E-state index in [0.717, 1.165) is 50.3 Å². The molecule has 26 heavy (non-hydrogen) atoms. The van der Waals surface area contributed by atoms with Crippen molar-refractivity contribution in [1.29, 1.82) is 0 Å². The van der Waals surface area contributed by atoms with Crippen molar-refractivity contribution in [2.45, 2.75) is 74.5 Å². The predicted octanol–water partition coefficient (Wildman–Crippen LogP) is 0.999. The van der Waals surface area contributed by atoms with Crippen LogP contribution in [0.5, 0.6) is 0 Å². The van der Waals surface area contributed by atoms with Crippen LogP contribution in [0, 0.1) is 0 Å². The Morgan fingerprint density at radius 1 is 1.35 bits per heavy atom. The van der Waals surface area contributed by atoms with Gasteiger partial charge in [0.1, 0.15) is 0 Å². The molecular formula is C16H25N5O4S. The highest BCUT2D eigenvalue weighted by molar-refractivity contribution is 8.00. The maximum absolute atomic E-state index is 12.3. The number of H-pyrrole nitrogens is 1. The molecule has 0 spiro atoms. The highest BCUT2D eigenvalue weighted by atomic mass is 32.2. The summed E-state index contributed by atoms with van der Waals surface area (Å²) in [5, 5.41) is 11.4. The molecule has 2 atom stereocenters. The Labute approximate surface area is 155 Å². The van der Waals surface area contributed by atoms with Gasteiger partial charge in [-0.25, -0.2) is 14.7 Å². The number of nitrogens with zero attached hydrogens (tertiary/aromatic N) is 2. The van der Waals surface area contributed by atoms with E-state index in [2.05, 4.69) is 20.8 Å². The second kappa shape index (κ2) is 8.72. The SMILES string of the molecule is C[C@H](Sc1n[nH]c(=O)n1C[C@@H]1CCCO1)C(=O)NC(=O)NC1CCCC1. The molecule has 9 nitrogen and oxygen atoms in total. The summed E-state index contributed by atoms with van der Waals surface area (Å²) in [5.74, 6) is -0.412. The van der Waals surface area contributed by atoms with Crippen LogP contribution in [0.4, 0.5) is 4.79 Å². The first-order valence-corrected chi connectivity index (χ1v) is 9.95. The van der Waals surface area contributed by atoms with Gasteiger partial charge in [-0.2, -0.15) is 0 Å². The average Bonchev–Trinajstić information content (AvgIpc) is 3.34. The number of aromatic nitrogens is 3. The van der Waals surface area contributed by atoms with Crippen molar-refractivity contribution in [2.24, 2.45) is 0 Å². The van der Waals surface area contributed by atoms with E-state index in [9.17, 15) is 14.4 Å². The van der Waals surface area contributed by atoms with E-state index in [-0.39, 0.29) is 17.8 Å². The highest BCUT2D eigenvalue weighted by Crippen LogP contribution is 2.22. The number of hydrogen-bond donors (Lipinski definition) is 3. The third-order valence-electron chi connectivity index (χ3n) is 4.71. The van der Waals surface area contributed by atoms with Crippen LogP contribution in [0.3, 0.4) is 0 Å². The van der Waals surface area contributed by atoms with Gasteiger partial charge < -0.3 is 10.1 Å². The van der Waals surface area contributed by atoms with Crippen molar-refractivity contribution in [3.8, 4) is 0 Å². The molecule has 1 saturated heterocycles. The van der Waals surface area contributed by atoms with Crippen LogP contribution in [0.2, 0.25) is 0 Å². The molecule has 1 aliphatic heterocycles. The molecular weight excluding hydrogens is 358 g/mol. The van der Waals surface area contributed by atoms with Gasteiger partial charge in [0.2, 0.25) is 5.91 Å². The van der Waals surface area contributed by atoms with Crippen molar-refractivity contribution in [1.82, 2.24) is 25.4 Å². The number of carbonyl (C=O) groups excluding carboxylic acids is 2. The van der Waals surface area contributed by atoms with Gasteiger partial charge in [-0.05, 0) is 32.6 Å². The quantitative estimate of drug-likeness (QED) is 0.631. The molecule has 3 amide bonds. The fraction of sp³-hybridized carbons (Fsp3) is 0.750. The van der Waals surface area contributed by atoms with Gasteiger partial charge in [0.05, 0.1) is 17.9 Å². The molecule has 0 unspecified atom stereocenters. The molecule has 2 fully saturated rings. The Kier molecular flexibility index (Phi) is 6.36. The maximum atomic E-state index is 12.3. The largest absolute Gasteiger partial charge is 0.376 e. The lowest BCUT2D eigenvalue weighted by Crippen LogP contribution is -2.46. The van der Waals surface area contributed by atoms with Crippen LogP contribution < -0.4 is 16.3 Å². The standard InChI is InChI=1S/C16H25N5O4S/c1-10(13(22)18-14(23)17-11-5-2-3-6-11)26-16-20-19-15(24)21(16)9-12-7-4-8-25-12/h10-12H,2-9H2,1H3,(H,19,24)(H2,17,18,22,23)/t10-,12-/m0/s1. The lowest BCUT2D eigenvalue weighted by molar-refractivity contribution is -0.119. The number of aromatic amines is 1. The first-order chi connectivity index (χ1) is 12.5. The van der Waals surface area contributed by atoms with Crippen molar-refractivity contribution in [3.05, 3.63) is 10.5 Å². The van der Waals surface area contributed by atoms with Gasteiger partial charge in [-0.3, -0.25) is 14.7 Å². The number of ether oxygens (including phenoxy) is 1. The van der Waals surface area contributed by atoms with E-state index >= 15 is 0 Å². The van der Waals surface area contributed by atoms with Crippen LogP contribution >= 0.6 is 11.8 Å². The number of carbonyl (C=O) groups is 2. The fourth-order valence-electron chi connectivity index (χ4n) is 3.26. The van der Waals surface area contributed by atoms with Crippen molar-refractivity contribution >= 4 is 23.7 Å². The van der Waals surface area contributed by atoms with Crippen molar-refractivity contribution in [3.63, 3.8) is 0 Å². The second-order valence-electron chi connectivity index (χ2n) is 6.76. The number of urea groups is 1. The summed E-state index contributed by atoms with van der Waals surface area (Å²) in [6, 6.07) is -0.318. The Balaban J connectivity index is 1.53. The molecule has 0 aromatic carbocycles. The van der Waals surface area contributed by atoms with Crippen LogP contribution in [0.25, 0.3) is 0 Å². The molecule has 1 aliphatic carbocycles. The van der Waals surface area contributed by atoms with E-state index in [1.165, 1.54) is 4.57 Å². The number of imide groups is 1. The average molecular weight is 383 g/mol. The summed E-state index contributed by atoms with van der Waals surface area (Å²) < 4.78 is 7.05. The number of amides is 3. The minimum absolute atomic E-state index is 0.00836. The predicted molar refractivity (Wildman–Crippen MR) is 96.1 cm³/mol. The van der Waals surface area contributed by atoms with Gasteiger partial charge >= 0.3 is 11.7 Å². The van der Waals surface area contributed by atoms with E-state index in [4.69, 9.17) is 4.74 Å². The van der Waals surface area contributed by atoms with Crippen LogP contribution in [0.15, 0.2) is 9.95 Å². The Morgan fingerprint density at radius 3 is 2.81 bits per heavy atom. The van der Waals surface area contributed by atoms with Gasteiger partial charge in [-0.15, -0.1) is 5.10 Å². The van der Waals surface area contributed by atoms with Gasteiger partial charge in [0.15, 0.2) is 5.16 Å². The van der Waals surface area contributed by atoms with Crippen molar-refractivity contribution in [2.75, 3.05) is 6.61 Å². The molecule has 2 aliphatic rings. The molecule has 1 aromatic heterocycles. The van der Waals surface area contributed by atoms with E-state index in [1.54, 1.807) is 6.92 Å². The van der Waals surface area contributed by atoms with Crippen LogP contribution in [-0.4, -0.2) is 50.7 Å². The summed E-state index contributed by atoms with van der Waals surface area (Å²) in [6.45, 7) is 2.79.